The second-order valence-electron chi connectivity index (χ2n) is 9.03. The van der Waals surface area contributed by atoms with Crippen LogP contribution in [0.4, 0.5) is 5.82 Å². The van der Waals surface area contributed by atoms with Crippen molar-refractivity contribution in [1.82, 2.24) is 24.5 Å². The van der Waals surface area contributed by atoms with Gasteiger partial charge < -0.3 is 24.3 Å². The normalized spacial score (nSPS) is 13.7. The number of carbonyl (C=O) groups excluding carboxylic acids is 2. The Bertz CT molecular complexity index is 1480. The molecular weight excluding hydrogens is 516 g/mol. The predicted octanol–water partition coefficient (Wildman–Crippen LogP) is 2.94. The summed E-state index contributed by atoms with van der Waals surface area (Å²) in [6.45, 7) is 4.45. The smallest absolute Gasteiger partial charge is 0.339 e. The Kier molecular flexibility index (Phi) is 8.47. The van der Waals surface area contributed by atoms with E-state index >= 15 is 0 Å². The lowest BCUT2D eigenvalue weighted by atomic mass is 10.1. The number of methoxy groups -OCH3 is 2. The lowest BCUT2D eigenvalue weighted by Gasteiger charge is -2.26. The van der Waals surface area contributed by atoms with E-state index in [1.165, 1.54) is 6.20 Å². The summed E-state index contributed by atoms with van der Waals surface area (Å²) in [5, 5.41) is 7.17. The Morgan fingerprint density at radius 2 is 1.82 bits per heavy atom. The molecule has 0 spiro atoms. The maximum absolute atomic E-state index is 12.9. The number of amides is 1. The molecule has 0 saturated carbocycles. The summed E-state index contributed by atoms with van der Waals surface area (Å²) in [6, 6.07) is 12.0. The van der Waals surface area contributed by atoms with Gasteiger partial charge in [-0.05, 0) is 42.8 Å². The molecule has 1 amide bonds. The first-order chi connectivity index (χ1) is 19.6. The number of carbonyl (C=O) groups is 2. The van der Waals surface area contributed by atoms with E-state index in [1.54, 1.807) is 55.3 Å². The first kappa shape index (κ1) is 27.0. The predicted molar refractivity (Wildman–Crippen MR) is 146 cm³/mol. The molecule has 3 aromatic heterocycles. The zero-order valence-electron chi connectivity index (χ0n) is 22.3. The molecule has 1 saturated heterocycles. The number of anilines is 1. The van der Waals surface area contributed by atoms with Crippen molar-refractivity contribution in [2.75, 3.05) is 59.0 Å². The molecule has 12 heteroatoms. The number of morpholine rings is 1. The largest absolute Gasteiger partial charge is 0.493 e. The average Bonchev–Trinajstić information content (AvgIpc) is 3.45. The van der Waals surface area contributed by atoms with Gasteiger partial charge in [-0.2, -0.15) is 5.10 Å². The highest BCUT2D eigenvalue weighted by Crippen LogP contribution is 2.32. The summed E-state index contributed by atoms with van der Waals surface area (Å²) in [5.41, 5.74) is 2.49. The highest BCUT2D eigenvalue weighted by atomic mass is 16.5. The molecule has 1 aliphatic rings. The number of nitrogens with zero attached hydrogens (tertiary/aromatic N) is 5. The molecular formula is C28H30N6O6. The van der Waals surface area contributed by atoms with Gasteiger partial charge in [-0.25, -0.2) is 19.3 Å². The summed E-state index contributed by atoms with van der Waals surface area (Å²) in [5.74, 6) is 0.532. The van der Waals surface area contributed by atoms with Crippen molar-refractivity contribution in [2.24, 2.45) is 0 Å². The Morgan fingerprint density at radius 3 is 2.58 bits per heavy atom. The van der Waals surface area contributed by atoms with Crippen LogP contribution >= 0.6 is 0 Å². The van der Waals surface area contributed by atoms with E-state index in [0.29, 0.717) is 29.3 Å². The van der Waals surface area contributed by atoms with Crippen molar-refractivity contribution in [3.63, 3.8) is 0 Å². The van der Waals surface area contributed by atoms with Crippen LogP contribution in [0.2, 0.25) is 0 Å². The van der Waals surface area contributed by atoms with Gasteiger partial charge in [0.25, 0.3) is 5.91 Å². The van der Waals surface area contributed by atoms with E-state index in [4.69, 9.17) is 18.9 Å². The highest BCUT2D eigenvalue weighted by molar-refractivity contribution is 6.03. The van der Waals surface area contributed by atoms with Gasteiger partial charge in [0.1, 0.15) is 5.82 Å². The quantitative estimate of drug-likeness (QED) is 0.234. The standard InChI is InChI=1S/C28H30N6O6/c1-37-23-6-4-19(16-24(23)38-2)22-8-9-29-26-17-21(32-34(22)26)27(35)31-25-7-5-20(18-30-25)28(36)40-13-3-10-33-11-14-39-15-12-33/h4-9,16-18H,3,10-15H2,1-2H3,(H,30,31,35). The third kappa shape index (κ3) is 6.19. The lowest BCUT2D eigenvalue weighted by molar-refractivity contribution is 0.0298. The molecule has 0 bridgehead atoms. The van der Waals surface area contributed by atoms with Crippen LogP contribution in [0.1, 0.15) is 27.3 Å². The molecule has 208 valence electrons. The lowest BCUT2D eigenvalue weighted by Crippen LogP contribution is -2.37. The number of nitrogens with one attached hydrogen (secondary N) is 1. The summed E-state index contributed by atoms with van der Waals surface area (Å²) in [6.07, 6.45) is 3.77. The van der Waals surface area contributed by atoms with E-state index in [0.717, 1.165) is 50.5 Å². The molecule has 0 atom stereocenters. The number of ether oxygens (including phenoxy) is 4. The summed E-state index contributed by atoms with van der Waals surface area (Å²) >= 11 is 0. The third-order valence-electron chi connectivity index (χ3n) is 6.47. The second-order valence-corrected chi connectivity index (χ2v) is 9.03. The fourth-order valence-electron chi connectivity index (χ4n) is 4.35. The molecule has 1 aromatic carbocycles. The van der Waals surface area contributed by atoms with E-state index in [2.05, 4.69) is 25.3 Å². The Labute approximate surface area is 230 Å². The third-order valence-corrected chi connectivity index (χ3v) is 6.47. The maximum atomic E-state index is 12.9. The molecule has 0 unspecified atom stereocenters. The molecule has 1 fully saturated rings. The van der Waals surface area contributed by atoms with Crippen LogP contribution in [0.15, 0.2) is 54.9 Å². The minimum absolute atomic E-state index is 0.158. The molecule has 5 rings (SSSR count). The van der Waals surface area contributed by atoms with Gasteiger partial charge in [-0.3, -0.25) is 9.69 Å². The summed E-state index contributed by atoms with van der Waals surface area (Å²) < 4.78 is 23.0. The number of hydrogen-bond donors (Lipinski definition) is 1. The van der Waals surface area contributed by atoms with Crippen LogP contribution in [0, 0.1) is 0 Å². The number of fused-ring (bicyclic) bond motifs is 1. The van der Waals surface area contributed by atoms with Crippen LogP contribution in [-0.4, -0.2) is 90.0 Å². The van der Waals surface area contributed by atoms with Crippen LogP contribution in [-0.2, 0) is 9.47 Å². The van der Waals surface area contributed by atoms with Crippen LogP contribution in [0.5, 0.6) is 11.5 Å². The van der Waals surface area contributed by atoms with E-state index < -0.39 is 11.9 Å². The van der Waals surface area contributed by atoms with Gasteiger partial charge in [0.2, 0.25) is 0 Å². The number of hydrogen-bond acceptors (Lipinski definition) is 10. The monoisotopic (exact) mass is 546 g/mol. The number of esters is 1. The molecule has 4 heterocycles. The number of rotatable bonds is 10. The van der Waals surface area contributed by atoms with Crippen molar-refractivity contribution in [3.8, 4) is 22.8 Å². The minimum Gasteiger partial charge on any atom is -0.493 e. The molecule has 4 aromatic rings. The molecule has 0 aliphatic carbocycles. The second kappa shape index (κ2) is 12.5. The van der Waals surface area contributed by atoms with Crippen molar-refractivity contribution in [3.05, 3.63) is 66.1 Å². The average molecular weight is 547 g/mol. The molecule has 1 N–H and O–H groups in total. The Balaban J connectivity index is 1.21. The van der Waals surface area contributed by atoms with Gasteiger partial charge in [-0.15, -0.1) is 0 Å². The molecule has 1 aliphatic heterocycles. The minimum atomic E-state index is -0.463. The number of benzene rings is 1. The van der Waals surface area contributed by atoms with Crippen LogP contribution in [0.25, 0.3) is 16.9 Å². The topological polar surface area (TPSA) is 129 Å². The van der Waals surface area contributed by atoms with E-state index in [9.17, 15) is 9.59 Å². The van der Waals surface area contributed by atoms with Crippen molar-refractivity contribution < 1.29 is 28.5 Å². The first-order valence-electron chi connectivity index (χ1n) is 12.9. The van der Waals surface area contributed by atoms with Crippen LogP contribution in [0.3, 0.4) is 0 Å². The molecule has 40 heavy (non-hydrogen) atoms. The van der Waals surface area contributed by atoms with E-state index in [-0.39, 0.29) is 11.5 Å². The Morgan fingerprint density at radius 1 is 1.00 bits per heavy atom. The summed E-state index contributed by atoms with van der Waals surface area (Å²) in [7, 11) is 3.14. The number of pyridine rings is 1. The fourth-order valence-corrected chi connectivity index (χ4v) is 4.35. The fraction of sp³-hybridized carbons (Fsp3) is 0.321. The number of aromatic nitrogens is 4. The van der Waals surface area contributed by atoms with E-state index in [1.807, 2.05) is 12.1 Å². The molecule has 0 radical (unpaired) electrons. The van der Waals surface area contributed by atoms with Gasteiger partial charge in [0.05, 0.1) is 45.3 Å². The van der Waals surface area contributed by atoms with Gasteiger partial charge in [0.15, 0.2) is 22.8 Å². The van der Waals surface area contributed by atoms with Crippen molar-refractivity contribution in [2.45, 2.75) is 6.42 Å². The maximum Gasteiger partial charge on any atom is 0.339 e. The van der Waals surface area contributed by atoms with Gasteiger partial charge in [0, 0.05) is 43.7 Å². The SMILES string of the molecule is COc1ccc(-c2ccnc3cc(C(=O)Nc4ccc(C(=O)OCCCN5CCOCC5)cn4)nn23)cc1OC. The summed E-state index contributed by atoms with van der Waals surface area (Å²) in [4.78, 5) is 36.1. The Hall–Kier alpha value is -4.55. The molecule has 12 nitrogen and oxygen atoms in total. The van der Waals surface area contributed by atoms with Gasteiger partial charge in [-0.1, -0.05) is 0 Å². The van der Waals surface area contributed by atoms with Crippen molar-refractivity contribution in [1.29, 1.82) is 0 Å². The first-order valence-corrected chi connectivity index (χ1v) is 12.9. The van der Waals surface area contributed by atoms with Crippen molar-refractivity contribution >= 4 is 23.3 Å². The van der Waals surface area contributed by atoms with Gasteiger partial charge >= 0.3 is 5.97 Å². The van der Waals surface area contributed by atoms with Crippen LogP contribution < -0.4 is 14.8 Å². The zero-order chi connectivity index (χ0) is 27.9. The zero-order valence-corrected chi connectivity index (χ0v) is 22.3. The highest BCUT2D eigenvalue weighted by Gasteiger charge is 2.17.